The first-order valence-corrected chi connectivity index (χ1v) is 10.4. The normalized spacial score (nSPS) is 23.7. The molecule has 2 aromatic carbocycles. The maximum Gasteiger partial charge on any atom is 0.203 e. The van der Waals surface area contributed by atoms with E-state index in [4.69, 9.17) is 33.2 Å². The van der Waals surface area contributed by atoms with Gasteiger partial charge in [-0.3, -0.25) is 0 Å². The Morgan fingerprint density at radius 2 is 1.22 bits per heavy atom. The summed E-state index contributed by atoms with van der Waals surface area (Å²) in [5.41, 5.74) is 2.53. The van der Waals surface area contributed by atoms with Gasteiger partial charge in [0.1, 0.15) is 0 Å². The molecule has 2 aromatic rings. The molecular formula is C24H30O8. The number of methoxy groups -OCH3 is 6. The van der Waals surface area contributed by atoms with E-state index < -0.39 is 6.10 Å². The maximum atomic E-state index is 11.3. The summed E-state index contributed by atoms with van der Waals surface area (Å²) in [5, 5.41) is 11.3. The van der Waals surface area contributed by atoms with Crippen molar-refractivity contribution in [2.45, 2.75) is 12.0 Å². The lowest BCUT2D eigenvalue weighted by Gasteiger charge is -2.39. The van der Waals surface area contributed by atoms with Crippen molar-refractivity contribution in [1.82, 2.24) is 0 Å². The Labute approximate surface area is 187 Å². The Hall–Kier alpha value is -2.84. The average molecular weight is 446 g/mol. The number of hydrogen-bond acceptors (Lipinski definition) is 8. The van der Waals surface area contributed by atoms with Crippen LogP contribution in [0.3, 0.4) is 0 Å². The summed E-state index contributed by atoms with van der Waals surface area (Å²) >= 11 is 0. The molecular weight excluding hydrogens is 416 g/mol. The maximum absolute atomic E-state index is 11.3. The lowest BCUT2D eigenvalue weighted by atomic mass is 9.66. The summed E-state index contributed by atoms with van der Waals surface area (Å²) in [6.45, 7) is 0.989. The number of rotatable bonds is 7. The molecule has 2 aliphatic rings. The van der Waals surface area contributed by atoms with Crippen LogP contribution in [0.15, 0.2) is 18.2 Å². The van der Waals surface area contributed by atoms with E-state index in [1.54, 1.807) is 42.7 Å². The molecule has 4 atom stereocenters. The van der Waals surface area contributed by atoms with Crippen molar-refractivity contribution in [3.05, 3.63) is 34.9 Å². The molecule has 174 valence electrons. The fourth-order valence-corrected chi connectivity index (χ4v) is 5.16. The highest BCUT2D eigenvalue weighted by Crippen LogP contribution is 2.58. The van der Waals surface area contributed by atoms with E-state index >= 15 is 0 Å². The zero-order valence-corrected chi connectivity index (χ0v) is 19.3. The first-order valence-electron chi connectivity index (χ1n) is 10.4. The molecule has 1 aliphatic carbocycles. The van der Waals surface area contributed by atoms with Crippen LogP contribution in [-0.4, -0.2) is 61.0 Å². The van der Waals surface area contributed by atoms with Crippen molar-refractivity contribution in [2.24, 2.45) is 11.8 Å². The van der Waals surface area contributed by atoms with Crippen LogP contribution in [0, 0.1) is 11.8 Å². The molecule has 8 nitrogen and oxygen atoms in total. The molecule has 1 fully saturated rings. The second-order valence-corrected chi connectivity index (χ2v) is 7.89. The Kier molecular flexibility index (Phi) is 6.26. The van der Waals surface area contributed by atoms with Gasteiger partial charge in [-0.15, -0.1) is 0 Å². The third-order valence-corrected chi connectivity index (χ3v) is 6.58. The van der Waals surface area contributed by atoms with Gasteiger partial charge in [-0.25, -0.2) is 0 Å². The first kappa shape index (κ1) is 22.4. The molecule has 0 spiro atoms. The van der Waals surface area contributed by atoms with Crippen LogP contribution in [-0.2, 0) is 4.74 Å². The average Bonchev–Trinajstić information content (AvgIpc) is 3.32. The molecule has 8 heteroatoms. The molecule has 4 rings (SSSR count). The SMILES string of the molecule is COc1cc([C@H]2c3c(cc(OC)c(OC)c3OC)[C@H](O)[C@H]3COC[C@H]23)cc(OC)c1OC. The van der Waals surface area contributed by atoms with Gasteiger partial charge >= 0.3 is 0 Å². The van der Waals surface area contributed by atoms with Crippen molar-refractivity contribution in [2.75, 3.05) is 55.9 Å². The third-order valence-electron chi connectivity index (χ3n) is 6.58. The smallest absolute Gasteiger partial charge is 0.203 e. The second kappa shape index (κ2) is 8.96. The van der Waals surface area contributed by atoms with Crippen LogP contribution in [0.4, 0.5) is 0 Å². The van der Waals surface area contributed by atoms with E-state index in [2.05, 4.69) is 0 Å². The summed E-state index contributed by atoms with van der Waals surface area (Å²) in [7, 11) is 9.49. The van der Waals surface area contributed by atoms with Gasteiger partial charge in [0.15, 0.2) is 23.0 Å². The van der Waals surface area contributed by atoms with Crippen LogP contribution < -0.4 is 28.4 Å². The topological polar surface area (TPSA) is 84.8 Å². The second-order valence-electron chi connectivity index (χ2n) is 7.89. The number of fused-ring (bicyclic) bond motifs is 2. The van der Waals surface area contributed by atoms with Crippen LogP contribution in [0.1, 0.15) is 28.7 Å². The van der Waals surface area contributed by atoms with E-state index in [9.17, 15) is 5.11 Å². The summed E-state index contributed by atoms with van der Waals surface area (Å²) < 4.78 is 39.6. The van der Waals surface area contributed by atoms with Crippen LogP contribution in [0.5, 0.6) is 34.5 Å². The van der Waals surface area contributed by atoms with Gasteiger partial charge < -0.3 is 38.3 Å². The number of hydrogen-bond donors (Lipinski definition) is 1. The minimum Gasteiger partial charge on any atom is -0.493 e. The molecule has 0 saturated carbocycles. The molecule has 0 unspecified atom stereocenters. The molecule has 0 bridgehead atoms. The number of benzene rings is 2. The molecule has 1 heterocycles. The summed E-state index contributed by atoms with van der Waals surface area (Å²) in [4.78, 5) is 0. The fourth-order valence-electron chi connectivity index (χ4n) is 5.16. The highest BCUT2D eigenvalue weighted by Gasteiger charge is 2.48. The molecule has 1 saturated heterocycles. The Morgan fingerprint density at radius 3 is 1.75 bits per heavy atom. The van der Waals surface area contributed by atoms with Crippen LogP contribution in [0.25, 0.3) is 0 Å². The highest BCUT2D eigenvalue weighted by atomic mass is 16.5. The Balaban J connectivity index is 2.02. The van der Waals surface area contributed by atoms with Crippen molar-refractivity contribution < 1.29 is 38.3 Å². The summed E-state index contributed by atoms with van der Waals surface area (Å²) in [5.74, 6) is 2.94. The van der Waals surface area contributed by atoms with Gasteiger partial charge in [-0.1, -0.05) is 0 Å². The molecule has 1 aliphatic heterocycles. The lowest BCUT2D eigenvalue weighted by molar-refractivity contribution is 0.0676. The van der Waals surface area contributed by atoms with Crippen molar-refractivity contribution in [3.8, 4) is 34.5 Å². The van der Waals surface area contributed by atoms with E-state index in [1.165, 1.54) is 0 Å². The van der Waals surface area contributed by atoms with Crippen molar-refractivity contribution in [1.29, 1.82) is 0 Å². The largest absolute Gasteiger partial charge is 0.493 e. The fraction of sp³-hybridized carbons (Fsp3) is 0.500. The molecule has 0 aromatic heterocycles. The highest BCUT2D eigenvalue weighted by molar-refractivity contribution is 5.65. The Bertz CT molecular complexity index is 963. The first-order chi connectivity index (χ1) is 15.5. The third kappa shape index (κ3) is 3.29. The van der Waals surface area contributed by atoms with Gasteiger partial charge in [-0.2, -0.15) is 0 Å². The van der Waals surface area contributed by atoms with Gasteiger partial charge in [0, 0.05) is 23.3 Å². The molecule has 0 radical (unpaired) electrons. The quantitative estimate of drug-likeness (QED) is 0.694. The summed E-state index contributed by atoms with van der Waals surface area (Å²) in [6.07, 6.45) is -0.718. The van der Waals surface area contributed by atoms with Gasteiger partial charge in [0.25, 0.3) is 0 Å². The monoisotopic (exact) mass is 446 g/mol. The van der Waals surface area contributed by atoms with Crippen molar-refractivity contribution in [3.63, 3.8) is 0 Å². The zero-order chi connectivity index (χ0) is 23.0. The number of aliphatic hydroxyl groups is 1. The number of ether oxygens (including phenoxy) is 7. The lowest BCUT2D eigenvalue weighted by Crippen LogP contribution is -2.33. The van der Waals surface area contributed by atoms with E-state index in [-0.39, 0.29) is 17.8 Å². The predicted octanol–water partition coefficient (Wildman–Crippen LogP) is 3.18. The van der Waals surface area contributed by atoms with E-state index in [0.717, 1.165) is 16.7 Å². The van der Waals surface area contributed by atoms with Crippen molar-refractivity contribution >= 4 is 0 Å². The van der Waals surface area contributed by atoms with Gasteiger partial charge in [0.2, 0.25) is 11.5 Å². The van der Waals surface area contributed by atoms with Crippen LogP contribution >= 0.6 is 0 Å². The zero-order valence-electron chi connectivity index (χ0n) is 19.3. The predicted molar refractivity (Wildman–Crippen MR) is 117 cm³/mol. The minimum absolute atomic E-state index is 0.0207. The van der Waals surface area contributed by atoms with E-state index in [0.29, 0.717) is 47.7 Å². The minimum atomic E-state index is -0.718. The molecule has 32 heavy (non-hydrogen) atoms. The van der Waals surface area contributed by atoms with Gasteiger partial charge in [0.05, 0.1) is 62.0 Å². The van der Waals surface area contributed by atoms with E-state index in [1.807, 2.05) is 18.2 Å². The molecule has 0 amide bonds. The molecule has 1 N–H and O–H groups in total. The van der Waals surface area contributed by atoms with Gasteiger partial charge in [-0.05, 0) is 29.3 Å². The van der Waals surface area contributed by atoms with Crippen LogP contribution in [0.2, 0.25) is 0 Å². The standard InChI is InChI=1S/C24H30O8/c1-26-16-7-12(8-17(27-2)22(16)29-4)19-14-10-32-11-15(14)21(25)13-9-18(28-3)23(30-5)24(31-6)20(13)19/h7-9,14-15,19,21,25H,10-11H2,1-6H3/t14-,15-,19+,21-/m0/s1. The summed E-state index contributed by atoms with van der Waals surface area (Å²) in [6, 6.07) is 5.72. The number of aliphatic hydroxyl groups excluding tert-OH is 1. The Morgan fingerprint density at radius 1 is 0.688 bits per heavy atom.